The number of aryl methyl sites for hydroxylation is 1. The molecule has 110 valence electrons. The quantitative estimate of drug-likeness (QED) is 0.716. The van der Waals surface area contributed by atoms with Gasteiger partial charge in [0.25, 0.3) is 0 Å². The zero-order valence-corrected chi connectivity index (χ0v) is 12.2. The second-order valence-electron chi connectivity index (χ2n) is 4.79. The van der Waals surface area contributed by atoms with Crippen molar-refractivity contribution in [2.24, 2.45) is 0 Å². The number of furan rings is 1. The third kappa shape index (κ3) is 4.51. The van der Waals surface area contributed by atoms with Gasteiger partial charge >= 0.3 is 0 Å². The van der Waals surface area contributed by atoms with Gasteiger partial charge in [0.15, 0.2) is 0 Å². The van der Waals surface area contributed by atoms with Gasteiger partial charge in [0.1, 0.15) is 12.4 Å². The Hall–Kier alpha value is -1.59. The Bertz CT molecular complexity index is 479. The average molecular weight is 277 g/mol. The van der Waals surface area contributed by atoms with Crippen LogP contribution >= 0.6 is 0 Å². The maximum atomic E-state index is 5.54. The highest BCUT2D eigenvalue weighted by Gasteiger charge is 2.06. The summed E-state index contributed by atoms with van der Waals surface area (Å²) in [5.74, 6) is 0.873. The lowest BCUT2D eigenvalue weighted by Crippen LogP contribution is -2.20. The lowest BCUT2D eigenvalue weighted by Gasteiger charge is -2.11. The molecule has 0 aliphatic carbocycles. The molecule has 0 saturated carbocycles. The molecule has 0 aliphatic heterocycles. The fraction of sp³-hybridized carbons (Fsp3) is 0.533. The van der Waals surface area contributed by atoms with Crippen molar-refractivity contribution in [2.75, 3.05) is 13.2 Å². The second kappa shape index (κ2) is 7.87. The van der Waals surface area contributed by atoms with Gasteiger partial charge in [0.2, 0.25) is 0 Å². The van der Waals surface area contributed by atoms with Crippen molar-refractivity contribution < 1.29 is 9.15 Å². The molecule has 2 aromatic rings. The Morgan fingerprint density at radius 2 is 2.40 bits per heavy atom. The van der Waals surface area contributed by atoms with Crippen LogP contribution in [0.2, 0.25) is 0 Å². The molecular weight excluding hydrogens is 254 g/mol. The maximum Gasteiger partial charge on any atom is 0.129 e. The van der Waals surface area contributed by atoms with Crippen molar-refractivity contribution in [1.29, 1.82) is 0 Å². The summed E-state index contributed by atoms with van der Waals surface area (Å²) >= 11 is 0. The highest BCUT2D eigenvalue weighted by molar-refractivity contribution is 5.08. The number of rotatable bonds is 9. The van der Waals surface area contributed by atoms with E-state index in [0.717, 1.165) is 31.9 Å². The van der Waals surface area contributed by atoms with Gasteiger partial charge in [-0.1, -0.05) is 0 Å². The molecule has 0 bridgehead atoms. The van der Waals surface area contributed by atoms with Crippen molar-refractivity contribution >= 4 is 0 Å². The van der Waals surface area contributed by atoms with Gasteiger partial charge < -0.3 is 14.5 Å². The molecule has 20 heavy (non-hydrogen) atoms. The van der Waals surface area contributed by atoms with Gasteiger partial charge in [-0.15, -0.1) is 0 Å². The van der Waals surface area contributed by atoms with Crippen LogP contribution in [0.5, 0.6) is 0 Å². The van der Waals surface area contributed by atoms with Gasteiger partial charge in [-0.05, 0) is 38.9 Å². The summed E-state index contributed by atoms with van der Waals surface area (Å²) in [6.07, 6.45) is 6.66. The zero-order valence-electron chi connectivity index (χ0n) is 12.2. The minimum atomic E-state index is 0.320. The van der Waals surface area contributed by atoms with Crippen LogP contribution in [0.15, 0.2) is 35.2 Å². The molecule has 1 unspecified atom stereocenters. The molecule has 1 atom stereocenters. The first-order valence-corrected chi connectivity index (χ1v) is 7.15. The monoisotopic (exact) mass is 277 g/mol. The topological polar surface area (TPSA) is 52.2 Å². The maximum absolute atomic E-state index is 5.54. The molecule has 0 radical (unpaired) electrons. The van der Waals surface area contributed by atoms with Gasteiger partial charge in [-0.2, -0.15) is 5.10 Å². The van der Waals surface area contributed by atoms with Crippen LogP contribution < -0.4 is 5.32 Å². The first kappa shape index (κ1) is 14.8. The van der Waals surface area contributed by atoms with Crippen LogP contribution in [0, 0.1) is 0 Å². The van der Waals surface area contributed by atoms with Gasteiger partial charge in [-0.25, -0.2) is 0 Å². The third-order valence-corrected chi connectivity index (χ3v) is 3.22. The Morgan fingerprint density at radius 1 is 1.50 bits per heavy atom. The van der Waals surface area contributed by atoms with E-state index < -0.39 is 0 Å². The van der Waals surface area contributed by atoms with Crippen molar-refractivity contribution in [2.45, 2.75) is 39.5 Å². The minimum Gasteiger partial charge on any atom is -0.467 e. The van der Waals surface area contributed by atoms with Crippen LogP contribution in [-0.4, -0.2) is 22.9 Å². The Morgan fingerprint density at radius 3 is 3.10 bits per heavy atom. The first-order chi connectivity index (χ1) is 9.79. The van der Waals surface area contributed by atoms with Crippen molar-refractivity contribution in [3.05, 3.63) is 42.1 Å². The van der Waals surface area contributed by atoms with Gasteiger partial charge in [0.05, 0.1) is 12.5 Å². The van der Waals surface area contributed by atoms with Crippen LogP contribution in [0.1, 0.15) is 37.6 Å². The van der Waals surface area contributed by atoms with Crippen molar-refractivity contribution in [1.82, 2.24) is 15.1 Å². The molecule has 0 saturated heterocycles. The highest BCUT2D eigenvalue weighted by Crippen LogP contribution is 2.10. The number of ether oxygens (including phenoxy) is 1. The van der Waals surface area contributed by atoms with Crippen LogP contribution in [0.3, 0.4) is 0 Å². The molecule has 0 aromatic carbocycles. The van der Waals surface area contributed by atoms with Gasteiger partial charge in [0, 0.05) is 31.0 Å². The summed E-state index contributed by atoms with van der Waals surface area (Å²) in [4.78, 5) is 0. The predicted octanol–water partition coefficient (Wildman–Crippen LogP) is 2.75. The number of hydrogen-bond acceptors (Lipinski definition) is 4. The van der Waals surface area contributed by atoms with E-state index in [4.69, 9.17) is 9.15 Å². The Labute approximate surface area is 119 Å². The summed E-state index contributed by atoms with van der Waals surface area (Å²) in [7, 11) is 0. The average Bonchev–Trinajstić information content (AvgIpc) is 3.13. The van der Waals surface area contributed by atoms with Crippen molar-refractivity contribution in [3.8, 4) is 0 Å². The molecule has 0 amide bonds. The van der Waals surface area contributed by atoms with E-state index in [0.29, 0.717) is 12.6 Å². The first-order valence-electron chi connectivity index (χ1n) is 7.15. The smallest absolute Gasteiger partial charge is 0.129 e. The van der Waals surface area contributed by atoms with E-state index >= 15 is 0 Å². The SMILES string of the molecule is CCn1cc(C(C)NCCCOCc2ccco2)cn1. The molecule has 1 N–H and O–H groups in total. The van der Waals surface area contributed by atoms with E-state index in [2.05, 4.69) is 30.5 Å². The summed E-state index contributed by atoms with van der Waals surface area (Å²) < 4.78 is 12.7. The Kier molecular flexibility index (Phi) is 5.83. The fourth-order valence-electron chi connectivity index (χ4n) is 1.95. The molecule has 2 heterocycles. The van der Waals surface area contributed by atoms with Gasteiger partial charge in [-0.3, -0.25) is 4.68 Å². The molecule has 2 aromatic heterocycles. The third-order valence-electron chi connectivity index (χ3n) is 3.22. The minimum absolute atomic E-state index is 0.320. The van der Waals surface area contributed by atoms with E-state index in [1.165, 1.54) is 5.56 Å². The van der Waals surface area contributed by atoms with Crippen LogP contribution in [0.25, 0.3) is 0 Å². The lowest BCUT2D eigenvalue weighted by atomic mass is 10.2. The van der Waals surface area contributed by atoms with Crippen molar-refractivity contribution in [3.63, 3.8) is 0 Å². The molecular formula is C15H23N3O2. The van der Waals surface area contributed by atoms with E-state index in [1.807, 2.05) is 23.0 Å². The number of hydrogen-bond donors (Lipinski definition) is 1. The lowest BCUT2D eigenvalue weighted by molar-refractivity contribution is 0.104. The van der Waals surface area contributed by atoms with Crippen LogP contribution in [-0.2, 0) is 17.9 Å². The molecule has 0 fully saturated rings. The number of nitrogens with zero attached hydrogens (tertiary/aromatic N) is 2. The summed E-state index contributed by atoms with van der Waals surface area (Å²) in [5.41, 5.74) is 1.23. The molecule has 0 spiro atoms. The molecule has 5 nitrogen and oxygen atoms in total. The van der Waals surface area contributed by atoms with E-state index in [-0.39, 0.29) is 0 Å². The number of aromatic nitrogens is 2. The highest BCUT2D eigenvalue weighted by atomic mass is 16.5. The normalized spacial score (nSPS) is 12.7. The summed E-state index contributed by atoms with van der Waals surface area (Å²) in [6, 6.07) is 4.12. The Balaban J connectivity index is 1.56. The summed E-state index contributed by atoms with van der Waals surface area (Å²) in [6.45, 7) is 7.36. The second-order valence-corrected chi connectivity index (χ2v) is 4.79. The molecule has 0 aliphatic rings. The standard InChI is InChI=1S/C15H23N3O2/c1-3-18-11-14(10-17-18)13(2)16-7-5-8-19-12-15-6-4-9-20-15/h4,6,9-11,13,16H,3,5,7-8,12H2,1-2H3. The predicted molar refractivity (Wildman–Crippen MR) is 77.3 cm³/mol. The summed E-state index contributed by atoms with van der Waals surface area (Å²) in [5, 5.41) is 7.76. The van der Waals surface area contributed by atoms with E-state index in [9.17, 15) is 0 Å². The molecule has 5 heteroatoms. The fourth-order valence-corrected chi connectivity index (χ4v) is 1.95. The molecule has 2 rings (SSSR count). The zero-order chi connectivity index (χ0) is 14.2. The largest absolute Gasteiger partial charge is 0.467 e. The number of nitrogens with one attached hydrogen (secondary N) is 1. The van der Waals surface area contributed by atoms with Crippen LogP contribution in [0.4, 0.5) is 0 Å². The van der Waals surface area contributed by atoms with E-state index in [1.54, 1.807) is 6.26 Å².